The fraction of sp³-hybridized carbons (Fsp3) is 0.136. The van der Waals surface area contributed by atoms with Crippen molar-refractivity contribution in [3.05, 3.63) is 95.0 Å². The number of hydrogen-bond donors (Lipinski definition) is 1. The van der Waals surface area contributed by atoms with Crippen molar-refractivity contribution in [2.24, 2.45) is 0 Å². The maximum Gasteiger partial charge on any atom is 0.345 e. The largest absolute Gasteiger partial charge is 0.423 e. The molecule has 0 saturated heterocycles. The van der Waals surface area contributed by atoms with Crippen molar-refractivity contribution >= 4 is 11.6 Å². The predicted octanol–water partition coefficient (Wildman–Crippen LogP) is 4.44. The fourth-order valence-electron chi connectivity index (χ4n) is 2.87. The van der Waals surface area contributed by atoms with Gasteiger partial charge in [-0.15, -0.1) is 0 Å². The van der Waals surface area contributed by atoms with Gasteiger partial charge in [-0.25, -0.2) is 0 Å². The molecule has 0 aliphatic rings. The van der Waals surface area contributed by atoms with Gasteiger partial charge in [-0.2, -0.15) is 4.68 Å². The summed E-state index contributed by atoms with van der Waals surface area (Å²) in [6.45, 7) is 1.68. The van der Waals surface area contributed by atoms with Crippen LogP contribution in [0.15, 0.2) is 78.9 Å². The van der Waals surface area contributed by atoms with Gasteiger partial charge in [0.25, 0.3) is 0 Å². The summed E-state index contributed by atoms with van der Waals surface area (Å²) < 4.78 is 7.41. The number of halogens is 1. The first-order valence-corrected chi connectivity index (χ1v) is 9.71. The van der Waals surface area contributed by atoms with Crippen molar-refractivity contribution < 1.29 is 4.74 Å². The van der Waals surface area contributed by atoms with Gasteiger partial charge >= 0.3 is 6.01 Å². The Balaban J connectivity index is 1.30. The number of benzene rings is 3. The van der Waals surface area contributed by atoms with Crippen LogP contribution in [0.2, 0.25) is 5.02 Å². The van der Waals surface area contributed by atoms with Crippen LogP contribution in [0.1, 0.15) is 11.1 Å². The van der Waals surface area contributed by atoms with E-state index in [9.17, 15) is 0 Å². The highest BCUT2D eigenvalue weighted by Gasteiger charge is 2.10. The molecule has 0 radical (unpaired) electrons. The molecular weight excluding hydrogens is 386 g/mol. The molecular formula is C22H20ClN5O. The Kier molecular flexibility index (Phi) is 6.14. The van der Waals surface area contributed by atoms with Crippen LogP contribution in [0.5, 0.6) is 11.8 Å². The molecule has 0 unspecified atom stereocenters. The Morgan fingerprint density at radius 3 is 2.34 bits per heavy atom. The number of nitrogens with zero attached hydrogens (tertiary/aromatic N) is 4. The SMILES string of the molecule is Clc1ccc(CCNCc2ccc(Oc3nnnn3-c3ccccc3)cc2)cc1. The Morgan fingerprint density at radius 2 is 1.59 bits per heavy atom. The molecule has 0 amide bonds. The molecule has 3 aromatic carbocycles. The summed E-state index contributed by atoms with van der Waals surface area (Å²) in [7, 11) is 0. The van der Waals surface area contributed by atoms with Gasteiger partial charge in [0.05, 0.1) is 5.69 Å². The highest BCUT2D eigenvalue weighted by molar-refractivity contribution is 6.30. The summed E-state index contributed by atoms with van der Waals surface area (Å²) >= 11 is 5.91. The normalized spacial score (nSPS) is 10.8. The lowest BCUT2D eigenvalue weighted by Crippen LogP contribution is -2.16. The number of hydrogen-bond acceptors (Lipinski definition) is 5. The summed E-state index contributed by atoms with van der Waals surface area (Å²) in [5, 5.41) is 15.9. The van der Waals surface area contributed by atoms with E-state index >= 15 is 0 Å². The molecule has 1 aromatic heterocycles. The second-order valence-corrected chi connectivity index (χ2v) is 6.94. The predicted molar refractivity (Wildman–Crippen MR) is 113 cm³/mol. The van der Waals surface area contributed by atoms with E-state index in [0.717, 1.165) is 30.2 Å². The first-order chi connectivity index (χ1) is 14.3. The highest BCUT2D eigenvalue weighted by Crippen LogP contribution is 2.21. The number of ether oxygens (including phenoxy) is 1. The highest BCUT2D eigenvalue weighted by atomic mass is 35.5. The van der Waals surface area contributed by atoms with Crippen molar-refractivity contribution in [3.63, 3.8) is 0 Å². The number of rotatable bonds is 8. The lowest BCUT2D eigenvalue weighted by atomic mass is 10.1. The summed E-state index contributed by atoms with van der Waals surface area (Å²) in [5.74, 6) is 0.682. The van der Waals surface area contributed by atoms with Gasteiger partial charge in [0, 0.05) is 11.6 Å². The molecule has 0 bridgehead atoms. The molecule has 4 aromatic rings. The topological polar surface area (TPSA) is 64.9 Å². The molecule has 29 heavy (non-hydrogen) atoms. The smallest absolute Gasteiger partial charge is 0.345 e. The monoisotopic (exact) mass is 405 g/mol. The zero-order valence-electron chi connectivity index (χ0n) is 15.7. The third kappa shape index (κ3) is 5.19. The number of tetrazole rings is 1. The summed E-state index contributed by atoms with van der Waals surface area (Å²) in [6, 6.07) is 25.8. The Bertz CT molecular complexity index is 1030. The molecule has 146 valence electrons. The zero-order chi connectivity index (χ0) is 19.9. The summed E-state index contributed by atoms with van der Waals surface area (Å²) in [6.07, 6.45) is 0.959. The average Bonchev–Trinajstić information content (AvgIpc) is 3.22. The molecule has 0 saturated carbocycles. The molecule has 0 aliphatic carbocycles. The Morgan fingerprint density at radius 1 is 0.862 bits per heavy atom. The van der Waals surface area contributed by atoms with E-state index in [4.69, 9.17) is 16.3 Å². The van der Waals surface area contributed by atoms with Crippen molar-refractivity contribution in [3.8, 4) is 17.4 Å². The molecule has 4 rings (SSSR count). The molecule has 6 nitrogen and oxygen atoms in total. The van der Waals surface area contributed by atoms with Gasteiger partial charge in [-0.1, -0.05) is 59.2 Å². The average molecular weight is 406 g/mol. The van der Waals surface area contributed by atoms with Gasteiger partial charge in [-0.05, 0) is 70.9 Å². The van der Waals surface area contributed by atoms with E-state index in [1.807, 2.05) is 66.7 Å². The van der Waals surface area contributed by atoms with Gasteiger partial charge in [0.15, 0.2) is 0 Å². The molecule has 0 fully saturated rings. The standard InChI is InChI=1S/C22H20ClN5O/c23-19-10-6-17(7-11-19)14-15-24-16-18-8-12-21(13-9-18)29-22-25-26-27-28(22)20-4-2-1-3-5-20/h1-13,24H,14-16H2. The molecule has 0 atom stereocenters. The second kappa shape index (κ2) is 9.32. The van der Waals surface area contributed by atoms with Crippen LogP contribution in [0.25, 0.3) is 5.69 Å². The van der Waals surface area contributed by atoms with Crippen molar-refractivity contribution in [1.29, 1.82) is 0 Å². The summed E-state index contributed by atoms with van der Waals surface area (Å²) in [5.41, 5.74) is 3.28. The maximum atomic E-state index is 5.91. The van der Waals surface area contributed by atoms with Gasteiger partial charge in [0.2, 0.25) is 0 Å². The van der Waals surface area contributed by atoms with Crippen LogP contribution in [0.4, 0.5) is 0 Å². The maximum absolute atomic E-state index is 5.91. The summed E-state index contributed by atoms with van der Waals surface area (Å²) in [4.78, 5) is 0. The number of para-hydroxylation sites is 1. The number of aromatic nitrogens is 4. The lowest BCUT2D eigenvalue weighted by Gasteiger charge is -2.08. The van der Waals surface area contributed by atoms with Crippen molar-refractivity contribution in [2.45, 2.75) is 13.0 Å². The third-order valence-electron chi connectivity index (χ3n) is 4.41. The first-order valence-electron chi connectivity index (χ1n) is 9.34. The molecule has 7 heteroatoms. The number of nitrogens with one attached hydrogen (secondary N) is 1. The zero-order valence-corrected chi connectivity index (χ0v) is 16.5. The van der Waals surface area contributed by atoms with Crippen LogP contribution in [0, 0.1) is 0 Å². The van der Waals surface area contributed by atoms with Gasteiger partial charge in [0.1, 0.15) is 5.75 Å². The van der Waals surface area contributed by atoms with Crippen LogP contribution >= 0.6 is 11.6 Å². The quantitative estimate of drug-likeness (QED) is 0.439. The van der Waals surface area contributed by atoms with Gasteiger partial charge in [-0.3, -0.25) is 0 Å². The van der Waals surface area contributed by atoms with Crippen LogP contribution in [-0.4, -0.2) is 26.8 Å². The molecule has 1 heterocycles. The molecule has 0 spiro atoms. The fourth-order valence-corrected chi connectivity index (χ4v) is 3.00. The molecule has 0 aliphatic heterocycles. The lowest BCUT2D eigenvalue weighted by molar-refractivity contribution is 0.427. The second-order valence-electron chi connectivity index (χ2n) is 6.51. The first kappa shape index (κ1) is 19.1. The van der Waals surface area contributed by atoms with Crippen molar-refractivity contribution in [2.75, 3.05) is 6.54 Å². The minimum absolute atomic E-state index is 0.324. The minimum Gasteiger partial charge on any atom is -0.423 e. The van der Waals surface area contributed by atoms with Crippen LogP contribution in [0.3, 0.4) is 0 Å². The van der Waals surface area contributed by atoms with E-state index in [-0.39, 0.29) is 0 Å². The van der Waals surface area contributed by atoms with E-state index < -0.39 is 0 Å². The Hall–Kier alpha value is -3.22. The van der Waals surface area contributed by atoms with Gasteiger partial charge < -0.3 is 10.1 Å². The van der Waals surface area contributed by atoms with Crippen LogP contribution < -0.4 is 10.1 Å². The molecule has 1 N–H and O–H groups in total. The van der Waals surface area contributed by atoms with Crippen molar-refractivity contribution in [1.82, 2.24) is 25.5 Å². The minimum atomic E-state index is 0.324. The Labute approximate surface area is 174 Å². The van der Waals surface area contributed by atoms with E-state index in [1.54, 1.807) is 4.68 Å². The van der Waals surface area contributed by atoms with Crippen LogP contribution in [-0.2, 0) is 13.0 Å². The van der Waals surface area contributed by atoms with E-state index in [2.05, 4.69) is 33.0 Å². The van der Waals surface area contributed by atoms with E-state index in [1.165, 1.54) is 11.1 Å². The third-order valence-corrected chi connectivity index (χ3v) is 4.66. The van der Waals surface area contributed by atoms with E-state index in [0.29, 0.717) is 11.8 Å².